The Morgan fingerprint density at radius 3 is 1.44 bits per heavy atom. The van der Waals surface area contributed by atoms with E-state index < -0.39 is 30.5 Å². The van der Waals surface area contributed by atoms with Gasteiger partial charge in [-0.15, -0.1) is 0 Å². The molecule has 0 radical (unpaired) electrons. The molecule has 5 N–H and O–H groups in total. The summed E-state index contributed by atoms with van der Waals surface area (Å²) in [6.45, 7) is 3.53. The first-order chi connectivity index (χ1) is 8.35. The molecule has 0 fully saturated rings. The first-order valence-electron chi connectivity index (χ1n) is 6.75. The maximum Gasteiger partial charge on any atom is 0.0589 e. The molecule has 0 spiro atoms. The Kier molecular flexibility index (Phi) is 9.59. The van der Waals surface area contributed by atoms with E-state index in [-0.39, 0.29) is 25.7 Å². The van der Waals surface area contributed by atoms with E-state index in [1.807, 2.05) is 6.92 Å². The fraction of sp³-hybridized carbons (Fsp3) is 1.00. The smallest absolute Gasteiger partial charge is 0.0589 e. The maximum atomic E-state index is 9.66. The van der Waals surface area contributed by atoms with Crippen molar-refractivity contribution in [2.45, 2.75) is 82.9 Å². The van der Waals surface area contributed by atoms with Crippen LogP contribution in [0.5, 0.6) is 0 Å². The van der Waals surface area contributed by atoms with Crippen molar-refractivity contribution < 1.29 is 25.5 Å². The number of aliphatic hydroxyl groups excluding tert-OH is 5. The van der Waals surface area contributed by atoms with Gasteiger partial charge in [0, 0.05) is 0 Å². The highest BCUT2D eigenvalue weighted by Crippen LogP contribution is 2.14. The van der Waals surface area contributed by atoms with Crippen LogP contribution in [0.2, 0.25) is 0 Å². The highest BCUT2D eigenvalue weighted by molar-refractivity contribution is 4.71. The van der Waals surface area contributed by atoms with Crippen molar-refractivity contribution >= 4 is 0 Å². The van der Waals surface area contributed by atoms with Crippen LogP contribution in [0.15, 0.2) is 0 Å². The van der Waals surface area contributed by atoms with Gasteiger partial charge in [0.05, 0.1) is 30.5 Å². The average molecular weight is 264 g/mol. The van der Waals surface area contributed by atoms with E-state index in [1.165, 1.54) is 0 Å². The third-order valence-electron chi connectivity index (χ3n) is 2.87. The summed E-state index contributed by atoms with van der Waals surface area (Å²) in [5.41, 5.74) is 0. The molecule has 0 aliphatic carbocycles. The molecule has 0 aromatic heterocycles. The first kappa shape index (κ1) is 17.8. The normalized spacial score (nSPS) is 20.2. The molecular weight excluding hydrogens is 236 g/mol. The Hall–Kier alpha value is -0.200. The minimum Gasteiger partial charge on any atom is -0.393 e. The van der Waals surface area contributed by atoms with Gasteiger partial charge in [0.2, 0.25) is 0 Å². The minimum absolute atomic E-state index is 0.131. The molecule has 110 valence electrons. The topological polar surface area (TPSA) is 101 Å². The molecular formula is C13H28O5. The highest BCUT2D eigenvalue weighted by atomic mass is 16.3. The predicted molar refractivity (Wildman–Crippen MR) is 69.1 cm³/mol. The Balaban J connectivity index is 3.82. The third-order valence-corrected chi connectivity index (χ3v) is 2.87. The summed E-state index contributed by atoms with van der Waals surface area (Å²) in [7, 11) is 0. The fourth-order valence-corrected chi connectivity index (χ4v) is 2.08. The van der Waals surface area contributed by atoms with Crippen molar-refractivity contribution in [2.75, 3.05) is 0 Å². The zero-order valence-electron chi connectivity index (χ0n) is 11.4. The maximum absolute atomic E-state index is 9.66. The lowest BCUT2D eigenvalue weighted by molar-refractivity contribution is 0.00778. The molecule has 0 saturated carbocycles. The van der Waals surface area contributed by atoms with Crippen LogP contribution in [0.4, 0.5) is 0 Å². The Morgan fingerprint density at radius 2 is 1.06 bits per heavy atom. The van der Waals surface area contributed by atoms with Gasteiger partial charge in [0.1, 0.15) is 0 Å². The van der Waals surface area contributed by atoms with Crippen LogP contribution >= 0.6 is 0 Å². The molecule has 0 heterocycles. The molecule has 0 aliphatic heterocycles. The van der Waals surface area contributed by atoms with E-state index in [0.717, 1.165) is 6.42 Å². The van der Waals surface area contributed by atoms with Gasteiger partial charge in [0.15, 0.2) is 0 Å². The van der Waals surface area contributed by atoms with Gasteiger partial charge in [-0.05, 0) is 39.0 Å². The van der Waals surface area contributed by atoms with Gasteiger partial charge < -0.3 is 25.5 Å². The van der Waals surface area contributed by atoms with Crippen molar-refractivity contribution in [2.24, 2.45) is 0 Å². The van der Waals surface area contributed by atoms with E-state index in [4.69, 9.17) is 5.11 Å². The zero-order valence-corrected chi connectivity index (χ0v) is 11.4. The number of hydrogen-bond acceptors (Lipinski definition) is 5. The van der Waals surface area contributed by atoms with Crippen LogP contribution in [0.25, 0.3) is 0 Å². The SMILES string of the molecule is CCCC(O)CC(O)CC(O)CC(O)CC(C)O. The van der Waals surface area contributed by atoms with Crippen molar-refractivity contribution in [3.05, 3.63) is 0 Å². The van der Waals surface area contributed by atoms with Crippen LogP contribution < -0.4 is 0 Å². The summed E-state index contributed by atoms with van der Waals surface area (Å²) >= 11 is 0. The molecule has 5 nitrogen and oxygen atoms in total. The molecule has 5 atom stereocenters. The van der Waals surface area contributed by atoms with E-state index >= 15 is 0 Å². The van der Waals surface area contributed by atoms with Crippen molar-refractivity contribution in [3.8, 4) is 0 Å². The molecule has 5 unspecified atom stereocenters. The molecule has 0 bridgehead atoms. The van der Waals surface area contributed by atoms with Gasteiger partial charge in [0.25, 0.3) is 0 Å². The van der Waals surface area contributed by atoms with Crippen LogP contribution in [0.1, 0.15) is 52.4 Å². The second-order valence-electron chi connectivity index (χ2n) is 5.20. The quantitative estimate of drug-likeness (QED) is 0.387. The number of hydrogen-bond donors (Lipinski definition) is 5. The van der Waals surface area contributed by atoms with Crippen molar-refractivity contribution in [1.82, 2.24) is 0 Å². The summed E-state index contributed by atoms with van der Waals surface area (Å²) in [6, 6.07) is 0. The Morgan fingerprint density at radius 1 is 0.667 bits per heavy atom. The average Bonchev–Trinajstić information content (AvgIpc) is 2.14. The van der Waals surface area contributed by atoms with Crippen molar-refractivity contribution in [1.29, 1.82) is 0 Å². The summed E-state index contributed by atoms with van der Waals surface area (Å²) in [6.07, 6.45) is -1.29. The predicted octanol–water partition coefficient (Wildman–Crippen LogP) is 0.171. The molecule has 18 heavy (non-hydrogen) atoms. The molecule has 0 saturated heterocycles. The highest BCUT2D eigenvalue weighted by Gasteiger charge is 2.19. The van der Waals surface area contributed by atoms with Crippen LogP contribution in [-0.2, 0) is 0 Å². The lowest BCUT2D eigenvalue weighted by atomic mass is 9.98. The third kappa shape index (κ3) is 9.79. The van der Waals surface area contributed by atoms with Gasteiger partial charge in [-0.2, -0.15) is 0 Å². The van der Waals surface area contributed by atoms with E-state index in [2.05, 4.69) is 0 Å². The monoisotopic (exact) mass is 264 g/mol. The summed E-state index contributed by atoms with van der Waals surface area (Å²) in [4.78, 5) is 0. The zero-order chi connectivity index (χ0) is 14.1. The second kappa shape index (κ2) is 9.69. The van der Waals surface area contributed by atoms with Gasteiger partial charge in [-0.3, -0.25) is 0 Å². The van der Waals surface area contributed by atoms with E-state index in [0.29, 0.717) is 6.42 Å². The Labute approximate surface area is 109 Å². The number of aliphatic hydroxyl groups is 5. The molecule has 5 heteroatoms. The second-order valence-corrected chi connectivity index (χ2v) is 5.20. The first-order valence-corrected chi connectivity index (χ1v) is 6.75. The van der Waals surface area contributed by atoms with Gasteiger partial charge in [-0.25, -0.2) is 0 Å². The number of rotatable bonds is 10. The van der Waals surface area contributed by atoms with Crippen molar-refractivity contribution in [3.63, 3.8) is 0 Å². The molecule has 0 aromatic rings. The summed E-state index contributed by atoms with van der Waals surface area (Å²) in [5.74, 6) is 0. The summed E-state index contributed by atoms with van der Waals surface area (Å²) < 4.78 is 0. The lowest BCUT2D eigenvalue weighted by Gasteiger charge is -2.20. The van der Waals surface area contributed by atoms with E-state index in [9.17, 15) is 20.4 Å². The largest absolute Gasteiger partial charge is 0.393 e. The standard InChI is InChI=1S/C13H28O5/c1-3-4-10(15)6-12(17)8-13(18)7-11(16)5-9(2)14/h9-18H,3-8H2,1-2H3. The molecule has 0 aromatic carbocycles. The summed E-state index contributed by atoms with van der Waals surface area (Å²) in [5, 5.41) is 47.4. The van der Waals surface area contributed by atoms with Gasteiger partial charge >= 0.3 is 0 Å². The Bertz CT molecular complexity index is 198. The molecule has 0 aliphatic rings. The van der Waals surface area contributed by atoms with Crippen LogP contribution in [0, 0.1) is 0 Å². The van der Waals surface area contributed by atoms with Crippen LogP contribution in [0.3, 0.4) is 0 Å². The van der Waals surface area contributed by atoms with Crippen LogP contribution in [-0.4, -0.2) is 56.1 Å². The molecule has 0 rings (SSSR count). The minimum atomic E-state index is -0.817. The molecule has 0 amide bonds. The van der Waals surface area contributed by atoms with Gasteiger partial charge in [-0.1, -0.05) is 13.3 Å². The van der Waals surface area contributed by atoms with E-state index in [1.54, 1.807) is 6.92 Å². The fourth-order valence-electron chi connectivity index (χ4n) is 2.08. The lowest BCUT2D eigenvalue weighted by Crippen LogP contribution is -2.27.